The van der Waals surface area contributed by atoms with Gasteiger partial charge in [-0.3, -0.25) is 9.78 Å². The van der Waals surface area contributed by atoms with Crippen molar-refractivity contribution < 1.29 is 22.0 Å². The zero-order chi connectivity index (χ0) is 33.6. The van der Waals surface area contributed by atoms with Crippen LogP contribution in [0.4, 0.5) is 14.6 Å². The van der Waals surface area contributed by atoms with Gasteiger partial charge in [-0.2, -0.15) is 0 Å². The van der Waals surface area contributed by atoms with E-state index in [-0.39, 0.29) is 29.2 Å². The predicted octanol–water partition coefficient (Wildman–Crippen LogP) is 7.34. The fourth-order valence-corrected chi connectivity index (χ4v) is 6.42. The van der Waals surface area contributed by atoms with Crippen LogP contribution in [0.2, 0.25) is 0 Å². The van der Waals surface area contributed by atoms with Crippen LogP contribution in [0.15, 0.2) is 113 Å². The third kappa shape index (κ3) is 7.36. The van der Waals surface area contributed by atoms with Gasteiger partial charge in [-0.15, -0.1) is 0 Å². The van der Waals surface area contributed by atoms with Crippen molar-refractivity contribution in [2.24, 2.45) is 0 Å². The summed E-state index contributed by atoms with van der Waals surface area (Å²) in [4.78, 5) is 26.2. The van der Waals surface area contributed by atoms with E-state index in [0.29, 0.717) is 38.1 Å². The fourth-order valence-electron chi connectivity index (χ4n) is 4.75. The molecule has 13 heteroatoms. The Morgan fingerprint density at radius 1 is 0.872 bits per heavy atom. The minimum absolute atomic E-state index is 0.00741. The molecule has 0 aliphatic heterocycles. The second-order valence-corrected chi connectivity index (χ2v) is 12.6. The van der Waals surface area contributed by atoms with E-state index in [9.17, 15) is 22.0 Å². The number of fused-ring (bicyclic) bond motifs is 1. The van der Waals surface area contributed by atoms with Gasteiger partial charge in [0.05, 0.1) is 22.7 Å². The van der Waals surface area contributed by atoms with Crippen LogP contribution in [0.5, 0.6) is 0 Å². The summed E-state index contributed by atoms with van der Waals surface area (Å²) < 4.78 is 55.8. The quantitative estimate of drug-likeness (QED) is 0.161. The number of benzene rings is 2. The molecule has 6 aromatic rings. The Balaban J connectivity index is 0.00000213. The maximum Gasteiger partial charge on any atom is 0.269 e. The second-order valence-electron chi connectivity index (χ2n) is 9.90. The molecule has 240 valence electrons. The van der Waals surface area contributed by atoms with E-state index in [1.165, 1.54) is 28.4 Å². The summed E-state index contributed by atoms with van der Waals surface area (Å²) >= 11 is 3.44. The van der Waals surface area contributed by atoms with E-state index in [1.54, 1.807) is 55.0 Å². The van der Waals surface area contributed by atoms with Crippen molar-refractivity contribution in [3.8, 4) is 11.1 Å². The van der Waals surface area contributed by atoms with Gasteiger partial charge in [0.15, 0.2) is 17.3 Å². The Bertz CT molecular complexity index is 2160. The summed E-state index contributed by atoms with van der Waals surface area (Å²) in [5.41, 5.74) is 2.88. The summed E-state index contributed by atoms with van der Waals surface area (Å²) in [5, 5.41) is 6.45. The van der Waals surface area contributed by atoms with Gasteiger partial charge >= 0.3 is 0 Å². The highest BCUT2D eigenvalue weighted by Gasteiger charge is 2.23. The third-order valence-electron chi connectivity index (χ3n) is 6.93. The molecule has 47 heavy (non-hydrogen) atoms. The topological polar surface area (TPSA) is 119 Å². The van der Waals surface area contributed by atoms with E-state index < -0.39 is 27.6 Å². The highest BCUT2D eigenvalue weighted by molar-refractivity contribution is 9.10. The number of carbonyl (C=O) groups excluding carboxylic acids is 1. The Hall–Kier alpha value is -5.01. The number of nitrogens with zero attached hydrogens (tertiary/aromatic N) is 4. The minimum atomic E-state index is -3.93. The van der Waals surface area contributed by atoms with E-state index in [2.05, 4.69) is 41.5 Å². The molecule has 2 N–H and O–H groups in total. The van der Waals surface area contributed by atoms with Crippen LogP contribution < -0.4 is 10.6 Å². The molecule has 0 aliphatic carbocycles. The fraction of sp³-hybridized carbons (Fsp3) is 0.118. The van der Waals surface area contributed by atoms with Crippen LogP contribution >= 0.6 is 15.9 Å². The second kappa shape index (κ2) is 14.6. The molecular weight excluding hydrogens is 690 g/mol. The molecule has 0 saturated carbocycles. The SMILES string of the molecule is CC.O=C(NCc1ccc(F)c(F)c1)c1cccnc1NCc1cc(-c2cn(S(=O)(=O)c3ccccc3)c3ncc(Br)cc23)ccn1. The summed E-state index contributed by atoms with van der Waals surface area (Å²) in [7, 11) is -3.93. The molecule has 0 unspecified atom stereocenters. The number of amides is 1. The molecule has 4 aromatic heterocycles. The lowest BCUT2D eigenvalue weighted by molar-refractivity contribution is 0.0951. The smallest absolute Gasteiger partial charge is 0.269 e. The average Bonchev–Trinajstić information content (AvgIpc) is 3.49. The van der Waals surface area contributed by atoms with Crippen LogP contribution in [-0.2, 0) is 23.1 Å². The molecule has 4 heterocycles. The molecule has 0 fully saturated rings. The third-order valence-corrected chi connectivity index (χ3v) is 9.03. The maximum atomic E-state index is 13.6. The van der Waals surface area contributed by atoms with Crippen molar-refractivity contribution in [1.29, 1.82) is 0 Å². The summed E-state index contributed by atoms with van der Waals surface area (Å²) in [6.07, 6.45) is 6.24. The number of hydrogen-bond donors (Lipinski definition) is 2. The number of rotatable bonds is 9. The lowest BCUT2D eigenvalue weighted by Crippen LogP contribution is -2.24. The van der Waals surface area contributed by atoms with Gasteiger partial charge in [-0.25, -0.2) is 31.1 Å². The number of carbonyl (C=O) groups is 1. The van der Waals surface area contributed by atoms with Gasteiger partial charge < -0.3 is 10.6 Å². The number of hydrogen-bond acceptors (Lipinski definition) is 7. The van der Waals surface area contributed by atoms with E-state index >= 15 is 0 Å². The minimum Gasteiger partial charge on any atom is -0.364 e. The predicted molar refractivity (Wildman–Crippen MR) is 180 cm³/mol. The normalized spacial score (nSPS) is 11.1. The van der Waals surface area contributed by atoms with Crippen molar-refractivity contribution >= 4 is 48.7 Å². The highest BCUT2D eigenvalue weighted by Crippen LogP contribution is 2.34. The Kier molecular flexibility index (Phi) is 10.4. The van der Waals surface area contributed by atoms with Crippen molar-refractivity contribution in [2.45, 2.75) is 31.8 Å². The summed E-state index contributed by atoms with van der Waals surface area (Å²) in [6.45, 7) is 4.18. The Morgan fingerprint density at radius 2 is 1.66 bits per heavy atom. The van der Waals surface area contributed by atoms with Gasteiger partial charge in [0, 0.05) is 46.8 Å². The first-order valence-corrected chi connectivity index (χ1v) is 16.8. The highest BCUT2D eigenvalue weighted by atomic mass is 79.9. The number of halogens is 3. The van der Waals surface area contributed by atoms with E-state index in [4.69, 9.17) is 0 Å². The molecule has 9 nitrogen and oxygen atoms in total. The lowest BCUT2D eigenvalue weighted by atomic mass is 10.1. The molecule has 0 aliphatic rings. The van der Waals surface area contributed by atoms with Crippen LogP contribution in [0, 0.1) is 11.6 Å². The number of nitrogens with one attached hydrogen (secondary N) is 2. The molecule has 0 radical (unpaired) electrons. The van der Waals surface area contributed by atoms with Gasteiger partial charge in [0.2, 0.25) is 0 Å². The largest absolute Gasteiger partial charge is 0.364 e. The average molecular weight is 720 g/mol. The van der Waals surface area contributed by atoms with E-state index in [1.807, 2.05) is 26.0 Å². The van der Waals surface area contributed by atoms with Crippen molar-refractivity contribution in [3.63, 3.8) is 0 Å². The standard InChI is InChI=1S/C32H23BrF2N6O3S.C2H6/c33-22-15-26-27(19-41(31(26)39-17-22)45(43,44)24-5-2-1-3-6-24)21-10-12-36-23(14-21)18-38-30-25(7-4-11-37-30)32(42)40-16-20-8-9-28(34)29(35)13-20;1-2/h1-15,17,19H,16,18H2,(H,37,38)(H,40,42);1-2H3. The zero-order valence-corrected chi connectivity index (χ0v) is 27.7. The number of pyridine rings is 3. The Labute approximate surface area is 278 Å². The lowest BCUT2D eigenvalue weighted by Gasteiger charge is -2.12. The number of anilines is 1. The van der Waals surface area contributed by atoms with Crippen molar-refractivity contribution in [1.82, 2.24) is 24.2 Å². The van der Waals surface area contributed by atoms with Gasteiger partial charge in [-0.05, 0) is 81.7 Å². The maximum absolute atomic E-state index is 13.6. The zero-order valence-electron chi connectivity index (χ0n) is 25.3. The molecule has 0 bridgehead atoms. The molecule has 2 aromatic carbocycles. The van der Waals surface area contributed by atoms with Crippen LogP contribution in [0.25, 0.3) is 22.2 Å². The molecule has 6 rings (SSSR count). The first kappa shape index (κ1) is 33.4. The monoisotopic (exact) mass is 718 g/mol. The van der Waals surface area contributed by atoms with Gasteiger partial charge in [0.25, 0.3) is 15.9 Å². The molecule has 1 amide bonds. The van der Waals surface area contributed by atoms with Gasteiger partial charge in [0.1, 0.15) is 5.82 Å². The molecular formula is C34H29BrF2N6O3S. The van der Waals surface area contributed by atoms with Crippen molar-refractivity contribution in [3.05, 3.63) is 137 Å². The molecule has 0 atom stereocenters. The van der Waals surface area contributed by atoms with Crippen LogP contribution in [0.1, 0.15) is 35.5 Å². The van der Waals surface area contributed by atoms with E-state index in [0.717, 1.165) is 12.1 Å². The van der Waals surface area contributed by atoms with Crippen molar-refractivity contribution in [2.75, 3.05) is 5.32 Å². The first-order valence-electron chi connectivity index (χ1n) is 14.5. The van der Waals surface area contributed by atoms with Crippen LogP contribution in [-0.4, -0.2) is 33.2 Å². The Morgan fingerprint density at radius 3 is 2.43 bits per heavy atom. The van der Waals surface area contributed by atoms with Crippen LogP contribution in [0.3, 0.4) is 0 Å². The summed E-state index contributed by atoms with van der Waals surface area (Å²) in [5.74, 6) is -2.12. The molecule has 0 spiro atoms. The van der Waals surface area contributed by atoms with Gasteiger partial charge in [-0.1, -0.05) is 38.1 Å². The number of aromatic nitrogens is 4. The first-order chi connectivity index (χ1) is 22.7. The summed E-state index contributed by atoms with van der Waals surface area (Å²) in [6, 6.07) is 20.2. The molecule has 0 saturated heterocycles.